The van der Waals surface area contributed by atoms with Gasteiger partial charge in [-0.05, 0) is 18.8 Å². The van der Waals surface area contributed by atoms with E-state index in [1.807, 2.05) is 6.92 Å². The monoisotopic (exact) mass is 156 g/mol. The first-order valence-corrected chi connectivity index (χ1v) is 4.90. The van der Waals surface area contributed by atoms with Crippen molar-refractivity contribution in [3.05, 3.63) is 0 Å². The van der Waals surface area contributed by atoms with E-state index in [2.05, 4.69) is 6.92 Å². The van der Waals surface area contributed by atoms with Gasteiger partial charge < -0.3 is 5.11 Å². The molecule has 0 saturated heterocycles. The Kier molecular flexibility index (Phi) is 3.38. The molecule has 1 nitrogen and oxygen atoms in total. The summed E-state index contributed by atoms with van der Waals surface area (Å²) in [5.74, 6) is 1.30. The third-order valence-corrected chi connectivity index (χ3v) is 3.15. The molecule has 11 heavy (non-hydrogen) atoms. The summed E-state index contributed by atoms with van der Waals surface area (Å²) in [6.45, 7) is 4.10. The Bertz CT molecular complexity index is 103. The van der Waals surface area contributed by atoms with E-state index in [9.17, 15) is 5.11 Å². The van der Waals surface area contributed by atoms with Crippen molar-refractivity contribution in [2.45, 2.75) is 52.1 Å². The summed E-state index contributed by atoms with van der Waals surface area (Å²) in [6, 6.07) is 0. The van der Waals surface area contributed by atoms with Crippen molar-refractivity contribution in [1.29, 1.82) is 0 Å². The first-order chi connectivity index (χ1) is 5.22. The number of hydrogen-bond acceptors (Lipinski definition) is 1. The van der Waals surface area contributed by atoms with E-state index in [0.717, 1.165) is 5.92 Å². The van der Waals surface area contributed by atoms with E-state index in [4.69, 9.17) is 0 Å². The van der Waals surface area contributed by atoms with Crippen LogP contribution < -0.4 is 0 Å². The van der Waals surface area contributed by atoms with Crippen molar-refractivity contribution in [3.63, 3.8) is 0 Å². The lowest BCUT2D eigenvalue weighted by atomic mass is 9.79. The highest BCUT2D eigenvalue weighted by Crippen LogP contribution is 2.31. The Morgan fingerprint density at radius 2 is 1.64 bits per heavy atom. The molecule has 1 unspecified atom stereocenters. The number of hydrogen-bond donors (Lipinski definition) is 1. The van der Waals surface area contributed by atoms with Gasteiger partial charge in [0.05, 0.1) is 6.10 Å². The van der Waals surface area contributed by atoms with E-state index in [1.165, 1.54) is 32.1 Å². The maximum atomic E-state index is 9.37. The number of aliphatic hydroxyl groups is 1. The van der Waals surface area contributed by atoms with Crippen LogP contribution in [0.4, 0.5) is 0 Å². The average molecular weight is 156 g/mol. The third-order valence-electron chi connectivity index (χ3n) is 3.15. The fourth-order valence-corrected chi connectivity index (χ4v) is 2.05. The fourth-order valence-electron chi connectivity index (χ4n) is 2.05. The first kappa shape index (κ1) is 9.05. The predicted octanol–water partition coefficient (Wildman–Crippen LogP) is 2.58. The summed E-state index contributed by atoms with van der Waals surface area (Å²) in [4.78, 5) is 0. The summed E-state index contributed by atoms with van der Waals surface area (Å²) in [5, 5.41) is 9.37. The second-order valence-corrected chi connectivity index (χ2v) is 4.00. The molecule has 0 heterocycles. The maximum absolute atomic E-state index is 9.37. The van der Waals surface area contributed by atoms with Crippen LogP contribution in [-0.4, -0.2) is 11.2 Å². The van der Waals surface area contributed by atoms with E-state index >= 15 is 0 Å². The Labute approximate surface area is 69.8 Å². The Morgan fingerprint density at radius 1 is 1.09 bits per heavy atom. The topological polar surface area (TPSA) is 20.2 Å². The van der Waals surface area contributed by atoms with Crippen LogP contribution in [-0.2, 0) is 0 Å². The standard InChI is InChI=1S/C10H20O/c1-8(9(2)11)10-6-4-3-5-7-10/h8-11H,3-7H2,1-2H3/t8?,9-/m1/s1. The predicted molar refractivity (Wildman–Crippen MR) is 47.4 cm³/mol. The molecule has 66 valence electrons. The van der Waals surface area contributed by atoms with E-state index in [-0.39, 0.29) is 6.10 Å². The van der Waals surface area contributed by atoms with Gasteiger partial charge in [0.2, 0.25) is 0 Å². The molecule has 1 rings (SSSR count). The van der Waals surface area contributed by atoms with Crippen molar-refractivity contribution in [2.24, 2.45) is 11.8 Å². The molecule has 1 aliphatic carbocycles. The fraction of sp³-hybridized carbons (Fsp3) is 1.00. The molecule has 1 N–H and O–H groups in total. The summed E-state index contributed by atoms with van der Waals surface area (Å²) in [6.07, 6.45) is 6.73. The first-order valence-electron chi connectivity index (χ1n) is 4.90. The normalized spacial score (nSPS) is 26.5. The van der Waals surface area contributed by atoms with Gasteiger partial charge in [0.15, 0.2) is 0 Å². The SMILES string of the molecule is CC(C1CCCCC1)[C@@H](C)O. The number of rotatable bonds is 2. The second-order valence-electron chi connectivity index (χ2n) is 4.00. The van der Waals surface area contributed by atoms with Crippen LogP contribution in [0.3, 0.4) is 0 Å². The van der Waals surface area contributed by atoms with Gasteiger partial charge in [0.1, 0.15) is 0 Å². The third kappa shape index (κ3) is 2.48. The van der Waals surface area contributed by atoms with Crippen molar-refractivity contribution < 1.29 is 5.11 Å². The Balaban J connectivity index is 2.32. The Hall–Kier alpha value is -0.0400. The molecule has 1 saturated carbocycles. The molecule has 0 spiro atoms. The minimum absolute atomic E-state index is 0.113. The van der Waals surface area contributed by atoms with E-state index in [1.54, 1.807) is 0 Å². The highest BCUT2D eigenvalue weighted by atomic mass is 16.3. The van der Waals surface area contributed by atoms with Gasteiger partial charge in [-0.15, -0.1) is 0 Å². The van der Waals surface area contributed by atoms with Crippen molar-refractivity contribution in [2.75, 3.05) is 0 Å². The van der Waals surface area contributed by atoms with Gasteiger partial charge in [-0.2, -0.15) is 0 Å². The van der Waals surface area contributed by atoms with Crippen LogP contribution in [0, 0.1) is 11.8 Å². The lowest BCUT2D eigenvalue weighted by Crippen LogP contribution is -2.24. The van der Waals surface area contributed by atoms with Gasteiger partial charge in [0, 0.05) is 0 Å². The van der Waals surface area contributed by atoms with Gasteiger partial charge >= 0.3 is 0 Å². The lowest BCUT2D eigenvalue weighted by Gasteiger charge is -2.29. The van der Waals surface area contributed by atoms with Crippen molar-refractivity contribution >= 4 is 0 Å². The molecule has 0 radical (unpaired) electrons. The largest absolute Gasteiger partial charge is 0.393 e. The van der Waals surface area contributed by atoms with Gasteiger partial charge in [-0.3, -0.25) is 0 Å². The van der Waals surface area contributed by atoms with Crippen LogP contribution in [0.5, 0.6) is 0 Å². The lowest BCUT2D eigenvalue weighted by molar-refractivity contribution is 0.0835. The minimum atomic E-state index is -0.113. The molecule has 0 amide bonds. The molecule has 0 aliphatic heterocycles. The smallest absolute Gasteiger partial charge is 0.0540 e. The van der Waals surface area contributed by atoms with Gasteiger partial charge in [-0.25, -0.2) is 0 Å². The average Bonchev–Trinajstić information content (AvgIpc) is 2.05. The molecular weight excluding hydrogens is 136 g/mol. The maximum Gasteiger partial charge on any atom is 0.0540 e. The van der Waals surface area contributed by atoms with Gasteiger partial charge in [0.25, 0.3) is 0 Å². The molecule has 0 aromatic carbocycles. The molecule has 2 atom stereocenters. The van der Waals surface area contributed by atoms with E-state index in [0.29, 0.717) is 5.92 Å². The van der Waals surface area contributed by atoms with Crippen LogP contribution in [0.25, 0.3) is 0 Å². The van der Waals surface area contributed by atoms with Crippen LogP contribution in [0.1, 0.15) is 46.0 Å². The molecule has 0 aromatic rings. The molecule has 1 heteroatoms. The highest BCUT2D eigenvalue weighted by Gasteiger charge is 2.22. The zero-order chi connectivity index (χ0) is 8.27. The molecular formula is C10H20O. The second kappa shape index (κ2) is 4.10. The molecule has 1 aliphatic rings. The van der Waals surface area contributed by atoms with Crippen molar-refractivity contribution in [1.82, 2.24) is 0 Å². The number of aliphatic hydroxyl groups excluding tert-OH is 1. The summed E-state index contributed by atoms with van der Waals surface area (Å²) in [5.41, 5.74) is 0. The summed E-state index contributed by atoms with van der Waals surface area (Å²) in [7, 11) is 0. The summed E-state index contributed by atoms with van der Waals surface area (Å²) >= 11 is 0. The van der Waals surface area contributed by atoms with Crippen LogP contribution >= 0.6 is 0 Å². The zero-order valence-corrected chi connectivity index (χ0v) is 7.71. The molecule has 0 bridgehead atoms. The minimum Gasteiger partial charge on any atom is -0.393 e. The van der Waals surface area contributed by atoms with Crippen LogP contribution in [0.2, 0.25) is 0 Å². The van der Waals surface area contributed by atoms with E-state index < -0.39 is 0 Å². The molecule has 1 fully saturated rings. The van der Waals surface area contributed by atoms with Gasteiger partial charge in [-0.1, -0.05) is 39.0 Å². The highest BCUT2D eigenvalue weighted by molar-refractivity contribution is 4.73. The molecule has 0 aromatic heterocycles. The van der Waals surface area contributed by atoms with Crippen molar-refractivity contribution in [3.8, 4) is 0 Å². The van der Waals surface area contributed by atoms with Crippen LogP contribution in [0.15, 0.2) is 0 Å². The Morgan fingerprint density at radius 3 is 2.09 bits per heavy atom. The summed E-state index contributed by atoms with van der Waals surface area (Å²) < 4.78 is 0. The quantitative estimate of drug-likeness (QED) is 0.651. The zero-order valence-electron chi connectivity index (χ0n) is 7.71.